The van der Waals surface area contributed by atoms with Gasteiger partial charge in [0, 0.05) is 32.4 Å². The molecular formula is C31H46N4O10S. The maximum absolute atomic E-state index is 13.3. The van der Waals surface area contributed by atoms with E-state index in [0.717, 1.165) is 24.5 Å². The summed E-state index contributed by atoms with van der Waals surface area (Å²) < 4.78 is 11.1. The standard InChI is InChI=1S/C28H36N4O10.C2H6.CH4S/c1-5-6-11-31(3)26(38)16-12-17(25(30-29-14-33)32(4)18-10-8-7-9-15(18)2)20(13-19(16)34)41-28-23(37)21(35)22(36)24(42-28)27(39)40;2*1-2/h7-10,12-14,21-24,28,34-37H,5-6,11H2,1-4H3,(H,29,33)(H,39,40);1-2H3;2H,1H3/b30-25-;;. The molecule has 5 atom stereocenters. The average molecular weight is 667 g/mol. The van der Waals surface area contributed by atoms with E-state index in [1.807, 2.05) is 39.8 Å². The van der Waals surface area contributed by atoms with Crippen molar-refractivity contribution in [3.05, 3.63) is 53.1 Å². The lowest BCUT2D eigenvalue weighted by Crippen LogP contribution is -2.61. The van der Waals surface area contributed by atoms with Gasteiger partial charge < -0.3 is 44.8 Å². The number of thiol groups is 1. The molecule has 3 rings (SSSR count). The Morgan fingerprint density at radius 3 is 2.26 bits per heavy atom. The molecule has 14 nitrogen and oxygen atoms in total. The number of carboxylic acid groups (broad SMARTS) is 1. The molecule has 2 amide bonds. The highest BCUT2D eigenvalue weighted by Crippen LogP contribution is 2.34. The number of carbonyl (C=O) groups is 3. The number of hydrogen-bond acceptors (Lipinski definition) is 11. The number of unbranched alkanes of at least 4 members (excludes halogenated alkanes) is 1. The van der Waals surface area contributed by atoms with Crippen LogP contribution in [0.1, 0.15) is 55.1 Å². The Hall–Kier alpha value is -3.89. The number of anilines is 1. The van der Waals surface area contributed by atoms with Gasteiger partial charge in [0.1, 0.15) is 29.8 Å². The number of aryl methyl sites for hydroxylation is 1. The zero-order chi connectivity index (χ0) is 35.1. The van der Waals surface area contributed by atoms with Gasteiger partial charge in [-0.1, -0.05) is 45.4 Å². The van der Waals surface area contributed by atoms with Crippen LogP contribution < -0.4 is 15.1 Å². The van der Waals surface area contributed by atoms with Gasteiger partial charge in [0.2, 0.25) is 12.7 Å². The largest absolute Gasteiger partial charge is 0.507 e. The topological polar surface area (TPSA) is 202 Å². The van der Waals surface area contributed by atoms with Crippen molar-refractivity contribution in [1.29, 1.82) is 0 Å². The molecule has 2 aromatic rings. The molecule has 1 saturated heterocycles. The first-order valence-corrected chi connectivity index (χ1v) is 15.5. The summed E-state index contributed by atoms with van der Waals surface area (Å²) in [6, 6.07) is 9.56. The predicted octanol–water partition coefficient (Wildman–Crippen LogP) is 1.96. The van der Waals surface area contributed by atoms with Crippen molar-refractivity contribution >= 4 is 42.4 Å². The maximum Gasteiger partial charge on any atom is 0.335 e. The number of rotatable bonds is 11. The van der Waals surface area contributed by atoms with Crippen molar-refractivity contribution in [3.8, 4) is 11.5 Å². The minimum atomic E-state index is -1.95. The Morgan fingerprint density at radius 2 is 1.70 bits per heavy atom. The van der Waals surface area contributed by atoms with Gasteiger partial charge in [0.25, 0.3) is 5.91 Å². The van der Waals surface area contributed by atoms with Crippen LogP contribution in [-0.4, -0.2) is 112 Å². The number of phenolic OH excluding ortho intramolecular Hbond substituents is 1. The Morgan fingerprint density at radius 1 is 1.07 bits per heavy atom. The number of aliphatic carboxylic acids is 1. The van der Waals surface area contributed by atoms with E-state index in [2.05, 4.69) is 23.2 Å². The van der Waals surface area contributed by atoms with Gasteiger partial charge in [-0.15, -0.1) is 0 Å². The molecule has 0 saturated carbocycles. The van der Waals surface area contributed by atoms with E-state index in [-0.39, 0.29) is 22.7 Å². The first kappa shape index (κ1) is 40.1. The second-order valence-corrected chi connectivity index (χ2v) is 9.83. The third kappa shape index (κ3) is 9.80. The van der Waals surface area contributed by atoms with E-state index in [1.54, 1.807) is 37.4 Å². The molecule has 2 aromatic carbocycles. The summed E-state index contributed by atoms with van der Waals surface area (Å²) in [7, 11) is 3.21. The number of nitrogens with one attached hydrogen (secondary N) is 1. The molecular weight excluding hydrogens is 620 g/mol. The summed E-state index contributed by atoms with van der Waals surface area (Å²) >= 11 is 3.53. The van der Waals surface area contributed by atoms with Gasteiger partial charge in [-0.3, -0.25) is 9.59 Å². The van der Waals surface area contributed by atoms with Crippen LogP contribution in [0.3, 0.4) is 0 Å². The van der Waals surface area contributed by atoms with Crippen molar-refractivity contribution in [2.75, 3.05) is 31.8 Å². The molecule has 1 heterocycles. The summed E-state index contributed by atoms with van der Waals surface area (Å²) in [4.78, 5) is 39.2. The molecule has 0 aromatic heterocycles. The highest BCUT2D eigenvalue weighted by Gasteiger charge is 2.48. The first-order valence-electron chi connectivity index (χ1n) is 14.7. The molecule has 0 spiro atoms. The van der Waals surface area contributed by atoms with Gasteiger partial charge in [-0.05, 0) is 37.3 Å². The summed E-state index contributed by atoms with van der Waals surface area (Å²) in [5.41, 5.74) is 3.60. The second kappa shape index (κ2) is 19.6. The normalized spacial score (nSPS) is 20.6. The number of phenols is 1. The molecule has 46 heavy (non-hydrogen) atoms. The number of amidine groups is 1. The van der Waals surface area contributed by atoms with E-state index in [9.17, 15) is 39.9 Å². The van der Waals surface area contributed by atoms with E-state index in [1.165, 1.54) is 11.0 Å². The number of carbonyl (C=O) groups excluding carboxylic acids is 2. The van der Waals surface area contributed by atoms with Crippen LogP contribution in [0, 0.1) is 6.92 Å². The van der Waals surface area contributed by atoms with Crippen LogP contribution in [0.2, 0.25) is 0 Å². The molecule has 1 aliphatic heterocycles. The number of carboxylic acids is 1. The van der Waals surface area contributed by atoms with Crippen molar-refractivity contribution in [1.82, 2.24) is 10.3 Å². The van der Waals surface area contributed by atoms with E-state index in [4.69, 9.17) is 9.47 Å². The predicted molar refractivity (Wildman–Crippen MR) is 176 cm³/mol. The number of aliphatic hydroxyl groups is 3. The molecule has 1 fully saturated rings. The van der Waals surface area contributed by atoms with Gasteiger partial charge in [0.05, 0.1) is 11.1 Å². The van der Waals surface area contributed by atoms with E-state index in [0.29, 0.717) is 18.6 Å². The molecule has 0 bridgehead atoms. The zero-order valence-electron chi connectivity index (χ0n) is 27.1. The monoisotopic (exact) mass is 666 g/mol. The fourth-order valence-electron chi connectivity index (χ4n) is 4.45. The number of aliphatic hydroxyl groups excluding tert-OH is 3. The quantitative estimate of drug-likeness (QED) is 0.0608. The SMILES string of the molecule is CC.CCCCN(C)C(=O)c1cc(/C(=N/NC=O)N(C)c2ccccc2C)c(OC2OC(C(=O)O)C(O)C(O)C2O)cc1O.CS. The fourth-order valence-corrected chi connectivity index (χ4v) is 4.45. The van der Waals surface area contributed by atoms with Gasteiger partial charge in [-0.2, -0.15) is 17.7 Å². The first-order chi connectivity index (χ1) is 21.9. The van der Waals surface area contributed by atoms with Crippen molar-refractivity contribution in [2.24, 2.45) is 5.10 Å². The Balaban J connectivity index is 0.00000254. The summed E-state index contributed by atoms with van der Waals surface area (Å²) in [6.45, 7) is 8.22. The smallest absolute Gasteiger partial charge is 0.335 e. The summed E-state index contributed by atoms with van der Waals surface area (Å²) in [5.74, 6) is -2.86. The van der Waals surface area contributed by atoms with Crippen molar-refractivity contribution in [2.45, 2.75) is 71.2 Å². The van der Waals surface area contributed by atoms with Crippen LogP contribution in [0.15, 0.2) is 41.5 Å². The lowest BCUT2D eigenvalue weighted by Gasteiger charge is -2.38. The lowest BCUT2D eigenvalue weighted by atomic mass is 9.99. The number of hydrogen-bond donors (Lipinski definition) is 7. The minimum absolute atomic E-state index is 0.0253. The second-order valence-electron chi connectivity index (χ2n) is 9.83. The maximum atomic E-state index is 13.3. The molecule has 6 N–H and O–H groups in total. The average Bonchev–Trinajstić information content (AvgIpc) is 3.06. The van der Waals surface area contributed by atoms with Crippen LogP contribution in [0.25, 0.3) is 0 Å². The number of ether oxygens (including phenoxy) is 2. The van der Waals surface area contributed by atoms with Crippen molar-refractivity contribution < 1.29 is 49.4 Å². The third-order valence-electron chi connectivity index (χ3n) is 6.84. The summed E-state index contributed by atoms with van der Waals surface area (Å²) in [6.07, 6.45) is -6.02. The number of nitrogens with zero attached hydrogens (tertiary/aromatic N) is 3. The van der Waals surface area contributed by atoms with Crippen LogP contribution in [0.4, 0.5) is 5.69 Å². The molecule has 0 radical (unpaired) electrons. The number of aromatic hydroxyl groups is 1. The Bertz CT molecular complexity index is 1330. The van der Waals surface area contributed by atoms with E-state index >= 15 is 0 Å². The van der Waals surface area contributed by atoms with Gasteiger partial charge in [-0.25, -0.2) is 10.2 Å². The van der Waals surface area contributed by atoms with Gasteiger partial charge >= 0.3 is 5.97 Å². The Kier molecular flexibility index (Phi) is 17.1. The number of para-hydroxylation sites is 1. The lowest BCUT2D eigenvalue weighted by molar-refractivity contribution is -0.271. The van der Waals surface area contributed by atoms with Gasteiger partial charge in [0.15, 0.2) is 11.9 Å². The number of benzene rings is 2. The third-order valence-corrected chi connectivity index (χ3v) is 6.84. The van der Waals surface area contributed by atoms with E-state index < -0.39 is 48.3 Å². The summed E-state index contributed by atoms with van der Waals surface area (Å²) in [5, 5.41) is 55.4. The molecule has 256 valence electrons. The highest BCUT2D eigenvalue weighted by molar-refractivity contribution is 7.79. The highest BCUT2D eigenvalue weighted by atomic mass is 32.1. The number of hydrazone groups is 1. The zero-order valence-corrected chi connectivity index (χ0v) is 28.0. The minimum Gasteiger partial charge on any atom is -0.507 e. The van der Waals surface area contributed by atoms with Crippen LogP contribution in [-0.2, 0) is 14.3 Å². The molecule has 0 aliphatic carbocycles. The molecule has 1 aliphatic rings. The van der Waals surface area contributed by atoms with Crippen LogP contribution >= 0.6 is 12.6 Å². The van der Waals surface area contributed by atoms with Crippen molar-refractivity contribution in [3.63, 3.8) is 0 Å². The molecule has 15 heteroatoms. The Labute approximate surface area is 274 Å². The number of amides is 2. The fraction of sp³-hybridized carbons (Fsp3) is 0.484. The van der Waals surface area contributed by atoms with Crippen LogP contribution in [0.5, 0.6) is 11.5 Å². The molecule has 5 unspecified atom stereocenters.